The van der Waals surface area contributed by atoms with E-state index < -0.39 is 11.8 Å². The van der Waals surface area contributed by atoms with Gasteiger partial charge in [-0.2, -0.15) is 5.10 Å². The minimum atomic E-state index is -0.536. The first-order valence-electron chi connectivity index (χ1n) is 11.5. The van der Waals surface area contributed by atoms with Crippen LogP contribution < -0.4 is 20.2 Å². The highest BCUT2D eigenvalue weighted by molar-refractivity contribution is 9.10. The Balaban J connectivity index is 1.61. The number of nitrogens with zero attached hydrogens (tertiary/aromatic N) is 1. The van der Waals surface area contributed by atoms with Gasteiger partial charge in [-0.15, -0.1) is 0 Å². The molecule has 0 saturated carbocycles. The summed E-state index contributed by atoms with van der Waals surface area (Å²) in [5.74, 6) is 0.0330. The summed E-state index contributed by atoms with van der Waals surface area (Å²) >= 11 is 15.7. The minimum Gasteiger partial charge on any atom is -0.490 e. The average Bonchev–Trinajstić information content (AvgIpc) is 2.85. The van der Waals surface area contributed by atoms with Crippen molar-refractivity contribution in [2.24, 2.45) is 5.10 Å². The molecule has 0 aliphatic carbocycles. The molecule has 3 aromatic carbocycles. The number of hydrogen-bond donors (Lipinski definition) is 2. The molecule has 3 rings (SSSR count). The molecule has 0 spiro atoms. The maximum Gasteiger partial charge on any atom is 0.249 e. The van der Waals surface area contributed by atoms with Gasteiger partial charge in [0.1, 0.15) is 13.0 Å². The molecule has 0 unspecified atom stereocenters. The SMILES string of the molecule is CCOc1cc(C=NNC(=O)CC(=O)Nc2ccccc2CC)cc(Br)c1OCc1ccc(Cl)cc1Cl. The van der Waals surface area contributed by atoms with Crippen molar-refractivity contribution in [1.29, 1.82) is 0 Å². The van der Waals surface area contributed by atoms with Crippen LogP contribution in [-0.4, -0.2) is 24.6 Å². The van der Waals surface area contributed by atoms with Gasteiger partial charge in [0.05, 0.1) is 17.3 Å². The standard InChI is InChI=1S/C27H26BrCl2N3O4/c1-3-18-7-5-6-8-23(18)32-25(34)14-26(35)33-31-15-17-11-21(28)27(24(12-17)36-4-2)37-16-19-9-10-20(29)13-22(19)30/h5-13,15H,3-4,14,16H2,1-2H3,(H,32,34)(H,33,35). The second-order valence-electron chi connectivity index (χ2n) is 7.82. The van der Waals surface area contributed by atoms with Gasteiger partial charge in [-0.25, -0.2) is 5.43 Å². The summed E-state index contributed by atoms with van der Waals surface area (Å²) < 4.78 is 12.3. The van der Waals surface area contributed by atoms with Crippen molar-refractivity contribution < 1.29 is 19.1 Å². The van der Waals surface area contributed by atoms with E-state index in [-0.39, 0.29) is 13.0 Å². The van der Waals surface area contributed by atoms with Crippen molar-refractivity contribution >= 4 is 62.8 Å². The van der Waals surface area contributed by atoms with Gasteiger partial charge < -0.3 is 14.8 Å². The lowest BCUT2D eigenvalue weighted by atomic mass is 10.1. The summed E-state index contributed by atoms with van der Waals surface area (Å²) in [6, 6.07) is 16.2. The number of para-hydroxylation sites is 1. The van der Waals surface area contributed by atoms with Gasteiger partial charge in [0.15, 0.2) is 11.5 Å². The van der Waals surface area contributed by atoms with E-state index in [1.54, 1.807) is 36.4 Å². The van der Waals surface area contributed by atoms with Gasteiger partial charge in [0.25, 0.3) is 0 Å². The number of benzene rings is 3. The number of nitrogens with one attached hydrogen (secondary N) is 2. The van der Waals surface area contributed by atoms with E-state index >= 15 is 0 Å². The topological polar surface area (TPSA) is 89.0 Å². The van der Waals surface area contributed by atoms with Crippen LogP contribution in [0.2, 0.25) is 10.0 Å². The molecule has 194 valence electrons. The maximum atomic E-state index is 12.2. The monoisotopic (exact) mass is 605 g/mol. The Morgan fingerprint density at radius 3 is 2.51 bits per heavy atom. The van der Waals surface area contributed by atoms with Crippen molar-refractivity contribution in [1.82, 2.24) is 5.43 Å². The third-order valence-electron chi connectivity index (χ3n) is 5.12. The predicted octanol–water partition coefficient (Wildman–Crippen LogP) is 6.77. The zero-order chi connectivity index (χ0) is 26.8. The Labute approximate surface area is 234 Å². The molecule has 0 aliphatic heterocycles. The van der Waals surface area contributed by atoms with E-state index in [0.29, 0.717) is 43.9 Å². The van der Waals surface area contributed by atoms with Crippen molar-refractivity contribution in [2.75, 3.05) is 11.9 Å². The van der Waals surface area contributed by atoms with Gasteiger partial charge in [0, 0.05) is 21.3 Å². The molecular weight excluding hydrogens is 581 g/mol. The maximum absolute atomic E-state index is 12.2. The third-order valence-corrected chi connectivity index (χ3v) is 6.29. The highest BCUT2D eigenvalue weighted by Gasteiger charge is 2.14. The number of amides is 2. The first-order chi connectivity index (χ1) is 17.8. The second kappa shape index (κ2) is 14.0. The first kappa shape index (κ1) is 28.5. The van der Waals surface area contributed by atoms with E-state index in [1.807, 2.05) is 32.0 Å². The summed E-state index contributed by atoms with van der Waals surface area (Å²) in [7, 11) is 0. The third kappa shape index (κ3) is 8.49. The van der Waals surface area contributed by atoms with E-state index in [0.717, 1.165) is 17.5 Å². The summed E-state index contributed by atoms with van der Waals surface area (Å²) in [4.78, 5) is 24.4. The van der Waals surface area contributed by atoms with Crippen LogP contribution in [0.1, 0.15) is 37.0 Å². The van der Waals surface area contributed by atoms with Crippen LogP contribution in [0.3, 0.4) is 0 Å². The number of anilines is 1. The van der Waals surface area contributed by atoms with Crippen LogP contribution in [0.5, 0.6) is 11.5 Å². The lowest BCUT2D eigenvalue weighted by Gasteiger charge is -2.15. The number of hydrazone groups is 1. The molecule has 2 N–H and O–H groups in total. The van der Waals surface area contributed by atoms with Crippen LogP contribution in [0.15, 0.2) is 64.2 Å². The molecule has 10 heteroatoms. The number of aryl methyl sites for hydroxylation is 1. The van der Waals surface area contributed by atoms with E-state index in [2.05, 4.69) is 31.8 Å². The summed E-state index contributed by atoms with van der Waals surface area (Å²) in [5, 5.41) is 7.78. The van der Waals surface area contributed by atoms with Gasteiger partial charge in [-0.3, -0.25) is 9.59 Å². The van der Waals surface area contributed by atoms with Gasteiger partial charge in [-0.05, 0) is 70.7 Å². The normalized spacial score (nSPS) is 10.8. The van der Waals surface area contributed by atoms with Crippen LogP contribution in [0, 0.1) is 0 Å². The number of ether oxygens (including phenoxy) is 2. The molecule has 37 heavy (non-hydrogen) atoms. The van der Waals surface area contributed by atoms with E-state index in [9.17, 15) is 9.59 Å². The molecular formula is C27H26BrCl2N3O4. The fourth-order valence-electron chi connectivity index (χ4n) is 3.36. The lowest BCUT2D eigenvalue weighted by molar-refractivity contribution is -0.126. The van der Waals surface area contributed by atoms with Crippen LogP contribution in [0.25, 0.3) is 0 Å². The quantitative estimate of drug-likeness (QED) is 0.143. The lowest BCUT2D eigenvalue weighted by Crippen LogP contribution is -2.25. The fraction of sp³-hybridized carbons (Fsp3) is 0.222. The van der Waals surface area contributed by atoms with E-state index in [1.165, 1.54) is 6.21 Å². The predicted molar refractivity (Wildman–Crippen MR) is 151 cm³/mol. The Bertz CT molecular complexity index is 1300. The molecule has 0 saturated heterocycles. The summed E-state index contributed by atoms with van der Waals surface area (Å²) in [6.07, 6.45) is 1.86. The number of rotatable bonds is 11. The smallest absolute Gasteiger partial charge is 0.249 e. The van der Waals surface area contributed by atoms with Gasteiger partial charge >= 0.3 is 0 Å². The molecule has 0 aromatic heterocycles. The molecule has 7 nitrogen and oxygen atoms in total. The fourth-order valence-corrected chi connectivity index (χ4v) is 4.40. The highest BCUT2D eigenvalue weighted by atomic mass is 79.9. The molecule has 3 aromatic rings. The van der Waals surface area contributed by atoms with Gasteiger partial charge in [0.2, 0.25) is 11.8 Å². The molecule has 0 bridgehead atoms. The largest absolute Gasteiger partial charge is 0.490 e. The van der Waals surface area contributed by atoms with Crippen molar-refractivity contribution in [3.8, 4) is 11.5 Å². The summed E-state index contributed by atoms with van der Waals surface area (Å²) in [6.45, 7) is 4.48. The van der Waals surface area contributed by atoms with Gasteiger partial charge in [-0.1, -0.05) is 54.4 Å². The Morgan fingerprint density at radius 1 is 1.00 bits per heavy atom. The first-order valence-corrected chi connectivity index (χ1v) is 13.1. The number of hydrogen-bond acceptors (Lipinski definition) is 5. The van der Waals surface area contributed by atoms with Crippen molar-refractivity contribution in [3.05, 3.63) is 85.8 Å². The molecule has 0 radical (unpaired) electrons. The molecule has 0 aliphatic rings. The van der Waals surface area contributed by atoms with Crippen molar-refractivity contribution in [2.45, 2.75) is 33.3 Å². The highest BCUT2D eigenvalue weighted by Crippen LogP contribution is 2.37. The second-order valence-corrected chi connectivity index (χ2v) is 9.51. The number of carbonyl (C=O) groups excluding carboxylic acids is 2. The molecule has 0 fully saturated rings. The minimum absolute atomic E-state index is 0.211. The Morgan fingerprint density at radius 2 is 1.78 bits per heavy atom. The Hall–Kier alpha value is -3.07. The van der Waals surface area contributed by atoms with Crippen LogP contribution >= 0.6 is 39.1 Å². The van der Waals surface area contributed by atoms with Crippen LogP contribution in [0.4, 0.5) is 5.69 Å². The molecule has 0 atom stereocenters. The summed E-state index contributed by atoms with van der Waals surface area (Å²) in [5.41, 5.74) is 5.49. The Kier molecular flexibility index (Phi) is 10.8. The average molecular weight is 607 g/mol. The van der Waals surface area contributed by atoms with Crippen LogP contribution in [-0.2, 0) is 22.6 Å². The number of carbonyl (C=O) groups is 2. The van der Waals surface area contributed by atoms with E-state index in [4.69, 9.17) is 32.7 Å². The molecule has 2 amide bonds. The molecule has 0 heterocycles. The van der Waals surface area contributed by atoms with Crippen molar-refractivity contribution in [3.63, 3.8) is 0 Å². The zero-order valence-electron chi connectivity index (χ0n) is 20.3. The zero-order valence-corrected chi connectivity index (χ0v) is 23.4. The number of halogens is 3.